The maximum absolute atomic E-state index is 5.77. The van der Waals surface area contributed by atoms with E-state index in [1.54, 1.807) is 6.20 Å². The number of nitrogens with one attached hydrogen (secondary N) is 1. The number of rotatable bonds is 0. The summed E-state index contributed by atoms with van der Waals surface area (Å²) >= 11 is 5.77. The zero-order valence-corrected chi connectivity index (χ0v) is 7.74. The van der Waals surface area contributed by atoms with E-state index in [-0.39, 0.29) is 0 Å². The van der Waals surface area contributed by atoms with Gasteiger partial charge in [-0.3, -0.25) is 0 Å². The summed E-state index contributed by atoms with van der Waals surface area (Å²) in [7, 11) is 0. The molecule has 0 bridgehead atoms. The highest BCUT2D eigenvalue weighted by atomic mass is 35.5. The van der Waals surface area contributed by atoms with Crippen LogP contribution in [0.3, 0.4) is 0 Å². The molecule has 0 unspecified atom stereocenters. The molecular weight excluding hydrogens is 172 g/mol. The summed E-state index contributed by atoms with van der Waals surface area (Å²) in [5, 5.41) is 1.71. The summed E-state index contributed by atoms with van der Waals surface area (Å²) in [4.78, 5) is 7.23. The zero-order chi connectivity index (χ0) is 8.72. The van der Waals surface area contributed by atoms with Crippen LogP contribution in [0.1, 0.15) is 11.3 Å². The highest BCUT2D eigenvalue weighted by Gasteiger charge is 2.03. The van der Waals surface area contributed by atoms with E-state index < -0.39 is 0 Å². The molecule has 3 heteroatoms. The van der Waals surface area contributed by atoms with E-state index in [4.69, 9.17) is 11.6 Å². The first-order valence-corrected chi connectivity index (χ1v) is 4.16. The van der Waals surface area contributed by atoms with Crippen LogP contribution in [0.15, 0.2) is 12.3 Å². The van der Waals surface area contributed by atoms with Crippen LogP contribution < -0.4 is 0 Å². The number of aryl methyl sites for hydroxylation is 2. The fourth-order valence-corrected chi connectivity index (χ4v) is 1.50. The van der Waals surface area contributed by atoms with Gasteiger partial charge in [0.1, 0.15) is 5.15 Å². The molecule has 2 rings (SSSR count). The third-order valence-electron chi connectivity index (χ3n) is 2.16. The molecule has 2 nitrogen and oxygen atoms in total. The second kappa shape index (κ2) is 2.49. The average Bonchev–Trinajstić information content (AvgIpc) is 2.31. The topological polar surface area (TPSA) is 28.7 Å². The minimum atomic E-state index is 0.546. The number of hydrogen-bond donors (Lipinski definition) is 1. The lowest BCUT2D eigenvalue weighted by atomic mass is 10.2. The first-order valence-electron chi connectivity index (χ1n) is 3.79. The largest absolute Gasteiger partial charge is 0.357 e. The Morgan fingerprint density at radius 3 is 2.92 bits per heavy atom. The predicted octanol–water partition coefficient (Wildman–Crippen LogP) is 2.83. The van der Waals surface area contributed by atoms with Crippen molar-refractivity contribution in [2.75, 3.05) is 0 Å². The van der Waals surface area contributed by atoms with Gasteiger partial charge >= 0.3 is 0 Å². The lowest BCUT2D eigenvalue weighted by Gasteiger charge is -1.91. The number of pyridine rings is 1. The molecule has 2 aromatic heterocycles. The van der Waals surface area contributed by atoms with Gasteiger partial charge in [-0.2, -0.15) is 0 Å². The van der Waals surface area contributed by atoms with E-state index in [1.807, 2.05) is 13.0 Å². The molecule has 1 N–H and O–H groups in total. The third-order valence-corrected chi connectivity index (χ3v) is 2.37. The van der Waals surface area contributed by atoms with Crippen molar-refractivity contribution in [3.05, 3.63) is 28.7 Å². The summed E-state index contributed by atoms with van der Waals surface area (Å²) in [6.45, 7) is 4.12. The number of aromatic amines is 1. The Morgan fingerprint density at radius 2 is 2.17 bits per heavy atom. The van der Waals surface area contributed by atoms with Gasteiger partial charge in [0, 0.05) is 11.1 Å². The van der Waals surface area contributed by atoms with E-state index in [0.717, 1.165) is 10.9 Å². The molecule has 0 aliphatic carbocycles. The summed E-state index contributed by atoms with van der Waals surface area (Å²) < 4.78 is 0. The van der Waals surface area contributed by atoms with E-state index >= 15 is 0 Å². The van der Waals surface area contributed by atoms with Gasteiger partial charge in [0.15, 0.2) is 0 Å². The van der Waals surface area contributed by atoms with Crippen LogP contribution in [0.4, 0.5) is 0 Å². The van der Waals surface area contributed by atoms with Crippen LogP contribution in [0.25, 0.3) is 10.9 Å². The molecule has 2 aromatic rings. The zero-order valence-electron chi connectivity index (χ0n) is 6.98. The molecule has 62 valence electrons. The molecule has 0 aromatic carbocycles. The SMILES string of the molecule is Cc1[nH]c2cnc(Cl)cc2c1C. The third kappa shape index (κ3) is 0.994. The van der Waals surface area contributed by atoms with E-state index in [2.05, 4.69) is 16.9 Å². The quantitative estimate of drug-likeness (QED) is 0.621. The predicted molar refractivity (Wildman–Crippen MR) is 50.6 cm³/mol. The van der Waals surface area contributed by atoms with Crippen molar-refractivity contribution >= 4 is 22.5 Å². The summed E-state index contributed by atoms with van der Waals surface area (Å²) in [5.74, 6) is 0. The Hall–Kier alpha value is -1.02. The molecule has 0 aliphatic heterocycles. The maximum atomic E-state index is 5.77. The summed E-state index contributed by atoms with van der Waals surface area (Å²) in [5.41, 5.74) is 3.47. The molecule has 2 heterocycles. The molecule has 0 saturated carbocycles. The molecule has 0 fully saturated rings. The fraction of sp³-hybridized carbons (Fsp3) is 0.222. The first kappa shape index (κ1) is 7.62. The first-order chi connectivity index (χ1) is 5.68. The highest BCUT2D eigenvalue weighted by molar-refractivity contribution is 6.30. The second-order valence-electron chi connectivity index (χ2n) is 2.93. The van der Waals surface area contributed by atoms with Gasteiger partial charge in [-0.05, 0) is 25.5 Å². The van der Waals surface area contributed by atoms with Crippen molar-refractivity contribution in [2.24, 2.45) is 0 Å². The summed E-state index contributed by atoms with van der Waals surface area (Å²) in [6.07, 6.45) is 1.76. The maximum Gasteiger partial charge on any atom is 0.129 e. The van der Waals surface area contributed by atoms with Crippen LogP contribution >= 0.6 is 11.6 Å². The minimum Gasteiger partial charge on any atom is -0.357 e. The Balaban J connectivity index is 2.88. The monoisotopic (exact) mass is 180 g/mol. The van der Waals surface area contributed by atoms with Crippen LogP contribution in [-0.2, 0) is 0 Å². The van der Waals surface area contributed by atoms with Gasteiger partial charge in [-0.1, -0.05) is 11.6 Å². The number of H-pyrrole nitrogens is 1. The van der Waals surface area contributed by atoms with Gasteiger partial charge in [0.2, 0.25) is 0 Å². The van der Waals surface area contributed by atoms with Crippen molar-refractivity contribution in [2.45, 2.75) is 13.8 Å². The van der Waals surface area contributed by atoms with Gasteiger partial charge in [0.05, 0.1) is 11.7 Å². The minimum absolute atomic E-state index is 0.546. The standard InChI is InChI=1S/C9H9ClN2/c1-5-6(2)12-8-4-11-9(10)3-7(5)8/h3-4,12H,1-2H3. The smallest absolute Gasteiger partial charge is 0.129 e. The molecule has 12 heavy (non-hydrogen) atoms. The normalized spacial score (nSPS) is 10.9. The number of fused-ring (bicyclic) bond motifs is 1. The average molecular weight is 181 g/mol. The van der Waals surface area contributed by atoms with Crippen molar-refractivity contribution in [3.63, 3.8) is 0 Å². The van der Waals surface area contributed by atoms with Crippen LogP contribution in [-0.4, -0.2) is 9.97 Å². The van der Waals surface area contributed by atoms with E-state index in [9.17, 15) is 0 Å². The molecule has 0 atom stereocenters. The number of nitrogens with zero attached hydrogens (tertiary/aromatic N) is 1. The molecule has 0 aliphatic rings. The molecule has 0 saturated heterocycles. The van der Waals surface area contributed by atoms with Gasteiger partial charge in [-0.15, -0.1) is 0 Å². The molecule has 0 amide bonds. The fourth-order valence-electron chi connectivity index (χ4n) is 1.34. The van der Waals surface area contributed by atoms with Gasteiger partial charge < -0.3 is 4.98 Å². The second-order valence-corrected chi connectivity index (χ2v) is 3.31. The van der Waals surface area contributed by atoms with Gasteiger partial charge in [-0.25, -0.2) is 4.98 Å². The van der Waals surface area contributed by atoms with Crippen molar-refractivity contribution in [1.82, 2.24) is 9.97 Å². The Kier molecular flexibility index (Phi) is 1.58. The number of aromatic nitrogens is 2. The summed E-state index contributed by atoms with van der Waals surface area (Å²) in [6, 6.07) is 1.88. The van der Waals surface area contributed by atoms with E-state index in [1.165, 1.54) is 11.3 Å². The Labute approximate surface area is 75.6 Å². The van der Waals surface area contributed by atoms with Crippen molar-refractivity contribution in [3.8, 4) is 0 Å². The number of halogens is 1. The van der Waals surface area contributed by atoms with Gasteiger partial charge in [0.25, 0.3) is 0 Å². The van der Waals surface area contributed by atoms with Crippen LogP contribution in [0.5, 0.6) is 0 Å². The number of hydrogen-bond acceptors (Lipinski definition) is 1. The lowest BCUT2D eigenvalue weighted by molar-refractivity contribution is 1.25. The van der Waals surface area contributed by atoms with E-state index in [0.29, 0.717) is 5.15 Å². The molecule has 0 spiro atoms. The molecular formula is C9H9ClN2. The Morgan fingerprint density at radius 1 is 1.42 bits per heavy atom. The van der Waals surface area contributed by atoms with Crippen molar-refractivity contribution in [1.29, 1.82) is 0 Å². The Bertz CT molecular complexity index is 431. The van der Waals surface area contributed by atoms with Crippen LogP contribution in [0, 0.1) is 13.8 Å². The highest BCUT2D eigenvalue weighted by Crippen LogP contribution is 2.22. The van der Waals surface area contributed by atoms with Crippen molar-refractivity contribution < 1.29 is 0 Å². The molecule has 0 radical (unpaired) electrons. The lowest BCUT2D eigenvalue weighted by Crippen LogP contribution is -1.74. The van der Waals surface area contributed by atoms with Crippen LogP contribution in [0.2, 0.25) is 5.15 Å².